The Kier molecular flexibility index (Phi) is 4.40. The molecule has 2 aromatic heterocycles. The van der Waals surface area contributed by atoms with Crippen molar-refractivity contribution in [3.05, 3.63) is 36.4 Å². The molecule has 0 aliphatic rings. The molecule has 2 rings (SSSR count). The number of halogens is 2. The van der Waals surface area contributed by atoms with Gasteiger partial charge in [0.25, 0.3) is 5.91 Å². The van der Waals surface area contributed by atoms with Crippen molar-refractivity contribution in [3.63, 3.8) is 0 Å². The number of nitrogens with zero attached hydrogens (tertiary/aromatic N) is 2. The lowest BCUT2D eigenvalue weighted by atomic mass is 10.4. The van der Waals surface area contributed by atoms with Gasteiger partial charge >= 0.3 is 0 Å². The van der Waals surface area contributed by atoms with Crippen LogP contribution in [-0.2, 0) is 0 Å². The summed E-state index contributed by atoms with van der Waals surface area (Å²) in [5, 5.41) is 0. The lowest BCUT2D eigenvalue weighted by Crippen LogP contribution is -2.13. The molecule has 6 heteroatoms. The topological polar surface area (TPSA) is 60.4 Å². The van der Waals surface area contributed by atoms with Crippen molar-refractivity contribution >= 4 is 36.2 Å². The highest BCUT2D eigenvalue weighted by atomic mass is 35.5. The summed E-state index contributed by atoms with van der Waals surface area (Å²) < 4.78 is 1.70. The molecule has 4 nitrogen and oxygen atoms in total. The lowest BCUT2D eigenvalue weighted by molar-refractivity contribution is 0.0995. The Morgan fingerprint density at radius 1 is 1.36 bits per heavy atom. The van der Waals surface area contributed by atoms with Gasteiger partial charge < -0.3 is 10.1 Å². The molecule has 0 fully saturated rings. The molecule has 0 bridgehead atoms. The van der Waals surface area contributed by atoms with Crippen LogP contribution in [-0.4, -0.2) is 15.3 Å². The summed E-state index contributed by atoms with van der Waals surface area (Å²) in [5.74, 6) is -0.429. The average Bonchev–Trinajstić information content (AvgIpc) is 2.47. The van der Waals surface area contributed by atoms with Crippen LogP contribution in [0.3, 0.4) is 0 Å². The van der Waals surface area contributed by atoms with Crippen molar-refractivity contribution in [2.24, 2.45) is 5.73 Å². The lowest BCUT2D eigenvalue weighted by Gasteiger charge is -1.95. The fourth-order valence-corrected chi connectivity index (χ4v) is 1.16. The first kappa shape index (κ1) is 12.7. The summed E-state index contributed by atoms with van der Waals surface area (Å²) in [4.78, 5) is 14.8. The van der Waals surface area contributed by atoms with Crippen LogP contribution in [0.15, 0.2) is 30.7 Å². The second-order valence-electron chi connectivity index (χ2n) is 2.45. The minimum Gasteiger partial charge on any atom is -0.364 e. The van der Waals surface area contributed by atoms with E-state index in [0.29, 0.717) is 5.69 Å². The van der Waals surface area contributed by atoms with Crippen LogP contribution in [0.25, 0.3) is 5.52 Å². The fraction of sp³-hybridized carbons (Fsp3) is 0. The van der Waals surface area contributed by atoms with E-state index in [-0.39, 0.29) is 24.8 Å². The maximum absolute atomic E-state index is 10.9. The van der Waals surface area contributed by atoms with Crippen LogP contribution < -0.4 is 5.73 Å². The smallest absolute Gasteiger partial charge is 0.265 e. The summed E-state index contributed by atoms with van der Waals surface area (Å²) in [6.07, 6.45) is 4.99. The number of carbonyl (C=O) groups excluding carboxylic acids is 1. The second kappa shape index (κ2) is 4.83. The Balaban J connectivity index is 0.000000845. The highest BCUT2D eigenvalue weighted by molar-refractivity contribution is 5.92. The van der Waals surface area contributed by atoms with Gasteiger partial charge in [-0.25, -0.2) is 0 Å². The zero-order chi connectivity index (χ0) is 8.55. The van der Waals surface area contributed by atoms with Crippen molar-refractivity contribution in [1.29, 1.82) is 0 Å². The van der Waals surface area contributed by atoms with Gasteiger partial charge in [-0.3, -0.25) is 9.78 Å². The monoisotopic (exact) mass is 233 g/mol. The Morgan fingerprint density at radius 3 is 2.71 bits per heavy atom. The minimum absolute atomic E-state index is 0. The van der Waals surface area contributed by atoms with Crippen molar-refractivity contribution in [2.45, 2.75) is 0 Å². The van der Waals surface area contributed by atoms with E-state index < -0.39 is 5.91 Å². The number of nitrogens with two attached hydrogens (primary N) is 1. The molecular formula is C8H9Cl2N3O. The number of hydrogen-bond acceptors (Lipinski definition) is 2. The molecule has 0 saturated carbocycles. The Morgan fingerprint density at radius 2 is 2.07 bits per heavy atom. The van der Waals surface area contributed by atoms with Gasteiger partial charge in [-0.05, 0) is 12.1 Å². The van der Waals surface area contributed by atoms with Gasteiger partial charge in [0.2, 0.25) is 0 Å². The second-order valence-corrected chi connectivity index (χ2v) is 2.45. The molecule has 0 aromatic carbocycles. The van der Waals surface area contributed by atoms with Gasteiger partial charge in [0.05, 0.1) is 11.7 Å². The molecule has 14 heavy (non-hydrogen) atoms. The van der Waals surface area contributed by atoms with E-state index in [1.165, 1.54) is 0 Å². The zero-order valence-electron chi connectivity index (χ0n) is 7.08. The van der Waals surface area contributed by atoms with E-state index in [0.717, 1.165) is 5.52 Å². The molecule has 0 aliphatic carbocycles. The minimum atomic E-state index is -0.429. The van der Waals surface area contributed by atoms with Gasteiger partial charge in [0.1, 0.15) is 5.69 Å². The molecule has 2 heterocycles. The zero-order valence-corrected chi connectivity index (χ0v) is 8.72. The summed E-state index contributed by atoms with van der Waals surface area (Å²) in [6.45, 7) is 0. The summed E-state index contributed by atoms with van der Waals surface area (Å²) >= 11 is 0. The van der Waals surface area contributed by atoms with Crippen LogP contribution >= 0.6 is 24.8 Å². The van der Waals surface area contributed by atoms with Crippen molar-refractivity contribution in [3.8, 4) is 0 Å². The molecule has 0 saturated heterocycles. The highest BCUT2D eigenvalue weighted by Gasteiger charge is 2.04. The molecule has 1 amide bonds. The molecule has 2 aromatic rings. The number of amides is 1. The third kappa shape index (κ3) is 1.97. The number of primary amides is 1. The van der Waals surface area contributed by atoms with E-state index in [4.69, 9.17) is 5.73 Å². The van der Waals surface area contributed by atoms with E-state index >= 15 is 0 Å². The Labute approximate surface area is 92.9 Å². The molecule has 0 aliphatic heterocycles. The van der Waals surface area contributed by atoms with Gasteiger partial charge in [-0.15, -0.1) is 24.8 Å². The van der Waals surface area contributed by atoms with Gasteiger partial charge in [-0.2, -0.15) is 0 Å². The summed E-state index contributed by atoms with van der Waals surface area (Å²) in [7, 11) is 0. The van der Waals surface area contributed by atoms with E-state index in [1.807, 2.05) is 0 Å². The number of rotatable bonds is 1. The van der Waals surface area contributed by atoms with Gasteiger partial charge in [-0.1, -0.05) is 0 Å². The van der Waals surface area contributed by atoms with Crippen LogP contribution in [0.1, 0.15) is 10.5 Å². The number of hydrogen-bond donors (Lipinski definition) is 1. The predicted octanol–water partition coefficient (Wildman–Crippen LogP) is 1.28. The van der Waals surface area contributed by atoms with Crippen LogP contribution in [0.2, 0.25) is 0 Å². The van der Waals surface area contributed by atoms with E-state index in [2.05, 4.69) is 4.98 Å². The number of aromatic nitrogens is 2. The molecule has 2 N–H and O–H groups in total. The number of fused-ring (bicyclic) bond motifs is 1. The normalized spacial score (nSPS) is 8.86. The summed E-state index contributed by atoms with van der Waals surface area (Å²) in [5.41, 5.74) is 6.49. The van der Waals surface area contributed by atoms with Crippen molar-refractivity contribution in [2.75, 3.05) is 0 Å². The van der Waals surface area contributed by atoms with Crippen molar-refractivity contribution < 1.29 is 4.79 Å². The molecule has 0 atom stereocenters. The molecule has 0 radical (unpaired) electrons. The first-order valence-electron chi connectivity index (χ1n) is 3.50. The van der Waals surface area contributed by atoms with Crippen molar-refractivity contribution in [1.82, 2.24) is 9.38 Å². The van der Waals surface area contributed by atoms with Crippen LogP contribution in [0.4, 0.5) is 0 Å². The third-order valence-corrected chi connectivity index (χ3v) is 1.71. The van der Waals surface area contributed by atoms with Gasteiger partial charge in [0.15, 0.2) is 0 Å². The summed E-state index contributed by atoms with van der Waals surface area (Å²) in [6, 6.07) is 3.48. The predicted molar refractivity (Wildman–Crippen MR) is 58.2 cm³/mol. The fourth-order valence-electron chi connectivity index (χ4n) is 1.16. The third-order valence-electron chi connectivity index (χ3n) is 1.71. The Hall–Kier alpha value is -1.26. The average molecular weight is 234 g/mol. The van der Waals surface area contributed by atoms with E-state index in [9.17, 15) is 4.79 Å². The first-order valence-corrected chi connectivity index (χ1v) is 3.50. The van der Waals surface area contributed by atoms with E-state index in [1.54, 1.807) is 35.1 Å². The quantitative estimate of drug-likeness (QED) is 0.807. The SMILES string of the molecule is Cl.Cl.NC(=O)c1ccc2cnccn12. The molecular weight excluding hydrogens is 225 g/mol. The molecule has 0 spiro atoms. The maximum Gasteiger partial charge on any atom is 0.265 e. The highest BCUT2D eigenvalue weighted by Crippen LogP contribution is 2.06. The molecule has 76 valence electrons. The van der Waals surface area contributed by atoms with Crippen LogP contribution in [0.5, 0.6) is 0 Å². The number of carbonyl (C=O) groups is 1. The molecule has 0 unspecified atom stereocenters. The standard InChI is InChI=1S/C8H7N3O.2ClH/c9-8(12)7-2-1-6-5-10-3-4-11(6)7;;/h1-5H,(H2,9,12);2*1H. The van der Waals surface area contributed by atoms with Crippen LogP contribution in [0, 0.1) is 0 Å². The first-order chi connectivity index (χ1) is 5.79. The van der Waals surface area contributed by atoms with Gasteiger partial charge in [0, 0.05) is 12.4 Å². The maximum atomic E-state index is 10.9. The largest absolute Gasteiger partial charge is 0.364 e. The Bertz CT molecular complexity index is 441.